The van der Waals surface area contributed by atoms with Gasteiger partial charge >= 0.3 is 0 Å². The quantitative estimate of drug-likeness (QED) is 0.734. The molecule has 20 heavy (non-hydrogen) atoms. The minimum absolute atomic E-state index is 0.0690. The SMILES string of the molecule is CCN(CC(=O)NC)CC(=O)N(C)c1ccc(N)cc1. The molecule has 0 aliphatic rings. The van der Waals surface area contributed by atoms with Gasteiger partial charge in [0, 0.05) is 25.5 Å². The lowest BCUT2D eigenvalue weighted by Crippen LogP contribution is -2.42. The van der Waals surface area contributed by atoms with Crippen molar-refractivity contribution in [2.75, 3.05) is 44.4 Å². The van der Waals surface area contributed by atoms with Crippen LogP contribution in [0.3, 0.4) is 0 Å². The van der Waals surface area contributed by atoms with Crippen LogP contribution in [0.1, 0.15) is 6.92 Å². The number of nitrogens with zero attached hydrogens (tertiary/aromatic N) is 2. The zero-order valence-corrected chi connectivity index (χ0v) is 12.2. The summed E-state index contributed by atoms with van der Waals surface area (Å²) in [4.78, 5) is 26.9. The highest BCUT2D eigenvalue weighted by atomic mass is 16.2. The average molecular weight is 278 g/mol. The Morgan fingerprint density at radius 2 is 1.80 bits per heavy atom. The molecule has 1 aromatic carbocycles. The lowest BCUT2D eigenvalue weighted by molar-refractivity contribution is -0.123. The molecule has 0 fully saturated rings. The zero-order valence-electron chi connectivity index (χ0n) is 12.2. The summed E-state index contributed by atoms with van der Waals surface area (Å²) in [6, 6.07) is 7.09. The van der Waals surface area contributed by atoms with E-state index >= 15 is 0 Å². The third-order valence-electron chi connectivity index (χ3n) is 3.11. The molecule has 1 aromatic rings. The Hall–Kier alpha value is -2.08. The molecule has 3 N–H and O–H groups in total. The predicted molar refractivity (Wildman–Crippen MR) is 80.4 cm³/mol. The van der Waals surface area contributed by atoms with Gasteiger partial charge < -0.3 is 16.0 Å². The molecule has 0 aromatic heterocycles. The van der Waals surface area contributed by atoms with E-state index in [1.807, 2.05) is 6.92 Å². The van der Waals surface area contributed by atoms with Crippen LogP contribution in [0, 0.1) is 0 Å². The van der Waals surface area contributed by atoms with E-state index in [2.05, 4.69) is 5.32 Å². The van der Waals surface area contributed by atoms with E-state index in [-0.39, 0.29) is 24.9 Å². The second-order valence-electron chi connectivity index (χ2n) is 4.52. The van der Waals surface area contributed by atoms with Gasteiger partial charge in [-0.2, -0.15) is 0 Å². The normalized spacial score (nSPS) is 10.4. The Bertz CT molecular complexity index is 459. The Labute approximate surface area is 119 Å². The van der Waals surface area contributed by atoms with Crippen molar-refractivity contribution in [1.82, 2.24) is 10.2 Å². The maximum absolute atomic E-state index is 12.2. The summed E-state index contributed by atoms with van der Waals surface area (Å²) < 4.78 is 0. The highest BCUT2D eigenvalue weighted by Crippen LogP contribution is 2.15. The van der Waals surface area contributed by atoms with Crippen LogP contribution in [-0.4, -0.2) is 50.4 Å². The highest BCUT2D eigenvalue weighted by Gasteiger charge is 2.16. The number of nitrogens with one attached hydrogen (secondary N) is 1. The molecular weight excluding hydrogens is 256 g/mol. The van der Waals surface area contributed by atoms with Crippen LogP contribution < -0.4 is 16.0 Å². The Kier molecular flexibility index (Phi) is 5.99. The number of benzene rings is 1. The minimum atomic E-state index is -0.102. The molecular formula is C14H22N4O2. The molecule has 0 atom stereocenters. The number of carbonyl (C=O) groups is 2. The number of anilines is 2. The monoisotopic (exact) mass is 278 g/mol. The van der Waals surface area contributed by atoms with Crippen LogP contribution in [0.5, 0.6) is 0 Å². The van der Waals surface area contributed by atoms with E-state index < -0.39 is 0 Å². The number of hydrogen-bond acceptors (Lipinski definition) is 4. The van der Waals surface area contributed by atoms with E-state index in [0.717, 1.165) is 5.69 Å². The average Bonchev–Trinajstić information content (AvgIpc) is 2.46. The molecule has 110 valence electrons. The molecule has 0 saturated carbocycles. The molecule has 2 amide bonds. The maximum Gasteiger partial charge on any atom is 0.240 e. The number of likely N-dealkylation sites (N-methyl/N-ethyl adjacent to an activating group) is 3. The Morgan fingerprint density at radius 1 is 1.20 bits per heavy atom. The van der Waals surface area contributed by atoms with Crippen molar-refractivity contribution >= 4 is 23.2 Å². The van der Waals surface area contributed by atoms with Crippen LogP contribution in [0.15, 0.2) is 24.3 Å². The number of carbonyl (C=O) groups excluding carboxylic acids is 2. The molecule has 0 unspecified atom stereocenters. The van der Waals surface area contributed by atoms with Gasteiger partial charge in [0.2, 0.25) is 11.8 Å². The molecule has 0 bridgehead atoms. The minimum Gasteiger partial charge on any atom is -0.399 e. The summed E-state index contributed by atoms with van der Waals surface area (Å²) in [5.41, 5.74) is 7.05. The second kappa shape index (κ2) is 7.49. The second-order valence-corrected chi connectivity index (χ2v) is 4.52. The van der Waals surface area contributed by atoms with E-state index in [1.54, 1.807) is 48.2 Å². The molecule has 0 spiro atoms. The standard InChI is InChI=1S/C14H22N4O2/c1-4-18(9-13(19)16-2)10-14(20)17(3)12-7-5-11(15)6-8-12/h5-8H,4,9-10,15H2,1-3H3,(H,16,19). The van der Waals surface area contributed by atoms with Crippen molar-refractivity contribution < 1.29 is 9.59 Å². The first-order valence-electron chi connectivity index (χ1n) is 6.53. The number of nitrogens with two attached hydrogens (primary N) is 1. The van der Waals surface area contributed by atoms with Gasteiger partial charge in [0.15, 0.2) is 0 Å². The topological polar surface area (TPSA) is 78.7 Å². The highest BCUT2D eigenvalue weighted by molar-refractivity contribution is 5.94. The molecule has 0 aliphatic heterocycles. The summed E-state index contributed by atoms with van der Waals surface area (Å²) in [5, 5.41) is 2.55. The fraction of sp³-hybridized carbons (Fsp3) is 0.429. The molecule has 1 rings (SSSR count). The summed E-state index contributed by atoms with van der Waals surface area (Å²) in [6.45, 7) is 2.97. The fourth-order valence-electron chi connectivity index (χ4n) is 1.70. The fourth-order valence-corrected chi connectivity index (χ4v) is 1.70. The van der Waals surface area contributed by atoms with Crippen molar-refractivity contribution in [2.45, 2.75) is 6.92 Å². The first-order valence-corrected chi connectivity index (χ1v) is 6.53. The summed E-state index contributed by atoms with van der Waals surface area (Å²) in [6.07, 6.45) is 0. The van der Waals surface area contributed by atoms with Crippen molar-refractivity contribution in [3.8, 4) is 0 Å². The summed E-state index contributed by atoms with van der Waals surface area (Å²) >= 11 is 0. The first kappa shape index (κ1) is 16.0. The van der Waals surface area contributed by atoms with Gasteiger partial charge in [-0.05, 0) is 30.8 Å². The summed E-state index contributed by atoms with van der Waals surface area (Å²) in [7, 11) is 3.29. The molecule has 0 aliphatic carbocycles. The van der Waals surface area contributed by atoms with Gasteiger partial charge in [0.25, 0.3) is 0 Å². The smallest absolute Gasteiger partial charge is 0.240 e. The largest absolute Gasteiger partial charge is 0.399 e. The van der Waals surface area contributed by atoms with Gasteiger partial charge in [0.05, 0.1) is 13.1 Å². The maximum atomic E-state index is 12.2. The van der Waals surface area contributed by atoms with Crippen molar-refractivity contribution in [3.05, 3.63) is 24.3 Å². The van der Waals surface area contributed by atoms with Gasteiger partial charge in [-0.15, -0.1) is 0 Å². The van der Waals surface area contributed by atoms with E-state index in [9.17, 15) is 9.59 Å². The predicted octanol–water partition coefficient (Wildman–Crippen LogP) is 0.300. The number of amides is 2. The van der Waals surface area contributed by atoms with Gasteiger partial charge in [-0.3, -0.25) is 14.5 Å². The number of hydrogen-bond donors (Lipinski definition) is 2. The number of rotatable bonds is 6. The van der Waals surface area contributed by atoms with Gasteiger partial charge in [-0.25, -0.2) is 0 Å². The van der Waals surface area contributed by atoms with Crippen LogP contribution >= 0.6 is 0 Å². The summed E-state index contributed by atoms with van der Waals surface area (Å²) in [5.74, 6) is -0.171. The Morgan fingerprint density at radius 3 is 2.30 bits per heavy atom. The molecule has 6 heteroatoms. The molecule has 0 heterocycles. The van der Waals surface area contributed by atoms with Crippen LogP contribution in [0.4, 0.5) is 11.4 Å². The third kappa shape index (κ3) is 4.55. The first-order chi connectivity index (χ1) is 9.47. The lowest BCUT2D eigenvalue weighted by atomic mass is 10.2. The lowest BCUT2D eigenvalue weighted by Gasteiger charge is -2.23. The zero-order chi connectivity index (χ0) is 15.1. The number of nitrogen functional groups attached to an aromatic ring is 1. The molecule has 6 nitrogen and oxygen atoms in total. The molecule has 0 saturated heterocycles. The van der Waals surface area contributed by atoms with Crippen molar-refractivity contribution in [1.29, 1.82) is 0 Å². The van der Waals surface area contributed by atoms with E-state index in [1.165, 1.54) is 0 Å². The van der Waals surface area contributed by atoms with E-state index in [4.69, 9.17) is 5.73 Å². The van der Waals surface area contributed by atoms with E-state index in [0.29, 0.717) is 12.2 Å². The van der Waals surface area contributed by atoms with Crippen LogP contribution in [-0.2, 0) is 9.59 Å². The van der Waals surface area contributed by atoms with Crippen LogP contribution in [0.25, 0.3) is 0 Å². The molecule has 0 radical (unpaired) electrons. The third-order valence-corrected chi connectivity index (χ3v) is 3.11. The van der Waals surface area contributed by atoms with Crippen molar-refractivity contribution in [2.24, 2.45) is 0 Å². The van der Waals surface area contributed by atoms with Gasteiger partial charge in [-0.1, -0.05) is 6.92 Å². The van der Waals surface area contributed by atoms with Gasteiger partial charge in [0.1, 0.15) is 0 Å². The van der Waals surface area contributed by atoms with Crippen LogP contribution in [0.2, 0.25) is 0 Å². The van der Waals surface area contributed by atoms with Crippen molar-refractivity contribution in [3.63, 3.8) is 0 Å². The Balaban J connectivity index is 2.64.